The van der Waals surface area contributed by atoms with Crippen molar-refractivity contribution < 1.29 is 4.79 Å². The summed E-state index contributed by atoms with van der Waals surface area (Å²) in [5.74, 6) is 0.723. The number of carbonyl (C=O) groups is 1. The van der Waals surface area contributed by atoms with E-state index in [4.69, 9.17) is 5.73 Å². The summed E-state index contributed by atoms with van der Waals surface area (Å²) in [6.07, 6.45) is 4.77. The Morgan fingerprint density at radius 3 is 2.71 bits per heavy atom. The van der Waals surface area contributed by atoms with E-state index in [9.17, 15) is 4.79 Å². The van der Waals surface area contributed by atoms with E-state index in [1.54, 1.807) is 0 Å². The van der Waals surface area contributed by atoms with E-state index < -0.39 is 0 Å². The molecule has 3 heteroatoms. The number of rotatable bonds is 3. The molecular formula is C18H26N2O. The highest BCUT2D eigenvalue weighted by Crippen LogP contribution is 2.36. The molecule has 1 aromatic carbocycles. The van der Waals surface area contributed by atoms with E-state index in [1.165, 1.54) is 17.5 Å². The number of amides is 1. The highest BCUT2D eigenvalue weighted by Gasteiger charge is 2.39. The molecule has 1 saturated carbocycles. The van der Waals surface area contributed by atoms with E-state index in [0.717, 1.165) is 25.8 Å². The highest BCUT2D eigenvalue weighted by atomic mass is 16.2. The van der Waals surface area contributed by atoms with Gasteiger partial charge in [0.25, 0.3) is 0 Å². The van der Waals surface area contributed by atoms with Gasteiger partial charge < -0.3 is 10.6 Å². The van der Waals surface area contributed by atoms with E-state index in [0.29, 0.717) is 18.4 Å². The lowest BCUT2D eigenvalue weighted by molar-refractivity contribution is -0.133. The minimum atomic E-state index is -0.211. The molecule has 0 radical (unpaired) electrons. The van der Waals surface area contributed by atoms with Crippen molar-refractivity contribution in [1.82, 2.24) is 4.90 Å². The number of likely N-dealkylation sites (tertiary alicyclic amines) is 1. The van der Waals surface area contributed by atoms with Crippen LogP contribution in [-0.4, -0.2) is 28.9 Å². The molecule has 0 bridgehead atoms. The van der Waals surface area contributed by atoms with Crippen LogP contribution in [0.2, 0.25) is 0 Å². The zero-order valence-electron chi connectivity index (χ0n) is 13.1. The molecule has 2 fully saturated rings. The third kappa shape index (κ3) is 2.84. The molecule has 1 amide bonds. The molecule has 0 spiro atoms. The van der Waals surface area contributed by atoms with E-state index in [-0.39, 0.29) is 11.4 Å². The molecule has 1 heterocycles. The predicted molar refractivity (Wildman–Crippen MR) is 85.1 cm³/mol. The maximum Gasteiger partial charge on any atom is 0.224 e. The first-order valence-electron chi connectivity index (χ1n) is 8.12. The van der Waals surface area contributed by atoms with Gasteiger partial charge in [-0.25, -0.2) is 0 Å². The molecule has 114 valence electrons. The molecule has 1 aliphatic carbocycles. The van der Waals surface area contributed by atoms with Crippen molar-refractivity contribution in [1.29, 1.82) is 0 Å². The molecule has 1 aliphatic heterocycles. The number of aryl methyl sites for hydroxylation is 1. The van der Waals surface area contributed by atoms with Crippen LogP contribution in [0.4, 0.5) is 0 Å². The van der Waals surface area contributed by atoms with Crippen molar-refractivity contribution in [2.24, 2.45) is 5.73 Å². The first-order chi connectivity index (χ1) is 9.98. The lowest BCUT2D eigenvalue weighted by atomic mass is 9.75. The molecule has 2 atom stereocenters. The molecule has 2 unspecified atom stereocenters. The minimum absolute atomic E-state index is 0.211. The predicted octanol–water partition coefficient (Wildman–Crippen LogP) is 2.97. The summed E-state index contributed by atoms with van der Waals surface area (Å²) >= 11 is 0. The Bertz CT molecular complexity index is 536. The van der Waals surface area contributed by atoms with Gasteiger partial charge in [-0.15, -0.1) is 0 Å². The van der Waals surface area contributed by atoms with Crippen molar-refractivity contribution in [2.75, 3.05) is 6.54 Å². The standard InChI is InChI=1S/C18H26N2O/c1-13-6-3-4-7-16(13)15-10-14(2)20(12-15)17(21)11-18(19)8-5-9-18/h3-4,6-7,14-15H,5,8-12,19H2,1-2H3. The maximum absolute atomic E-state index is 12.6. The third-order valence-corrected chi connectivity index (χ3v) is 5.38. The van der Waals surface area contributed by atoms with Crippen LogP contribution in [0.3, 0.4) is 0 Å². The lowest BCUT2D eigenvalue weighted by Gasteiger charge is -2.39. The minimum Gasteiger partial charge on any atom is -0.339 e. The van der Waals surface area contributed by atoms with Crippen LogP contribution in [0.1, 0.15) is 56.1 Å². The van der Waals surface area contributed by atoms with Gasteiger partial charge in [0.2, 0.25) is 5.91 Å². The van der Waals surface area contributed by atoms with Gasteiger partial charge >= 0.3 is 0 Å². The maximum atomic E-state index is 12.6. The summed E-state index contributed by atoms with van der Waals surface area (Å²) in [7, 11) is 0. The summed E-state index contributed by atoms with van der Waals surface area (Å²) in [5.41, 5.74) is 8.75. The monoisotopic (exact) mass is 286 g/mol. The van der Waals surface area contributed by atoms with Crippen LogP contribution < -0.4 is 5.73 Å². The Morgan fingerprint density at radius 2 is 2.10 bits per heavy atom. The summed E-state index contributed by atoms with van der Waals surface area (Å²) in [4.78, 5) is 14.6. The van der Waals surface area contributed by atoms with Crippen LogP contribution in [0.15, 0.2) is 24.3 Å². The fourth-order valence-corrected chi connectivity index (χ4v) is 3.86. The molecular weight excluding hydrogens is 260 g/mol. The summed E-state index contributed by atoms with van der Waals surface area (Å²) in [5, 5.41) is 0. The molecule has 3 nitrogen and oxygen atoms in total. The molecule has 3 rings (SSSR count). The van der Waals surface area contributed by atoms with Gasteiger partial charge in [-0.2, -0.15) is 0 Å². The summed E-state index contributed by atoms with van der Waals surface area (Å²) in [6, 6.07) is 8.87. The van der Waals surface area contributed by atoms with Gasteiger partial charge in [0, 0.05) is 30.5 Å². The molecule has 0 aromatic heterocycles. The van der Waals surface area contributed by atoms with Crippen LogP contribution in [0, 0.1) is 6.92 Å². The summed E-state index contributed by atoms with van der Waals surface area (Å²) < 4.78 is 0. The molecule has 21 heavy (non-hydrogen) atoms. The summed E-state index contributed by atoms with van der Waals surface area (Å²) in [6.45, 7) is 5.18. The smallest absolute Gasteiger partial charge is 0.224 e. The SMILES string of the molecule is Cc1ccccc1C1CC(C)N(C(=O)CC2(N)CCC2)C1. The number of nitrogens with zero attached hydrogens (tertiary/aromatic N) is 1. The number of nitrogens with two attached hydrogens (primary N) is 1. The molecule has 2 N–H and O–H groups in total. The van der Waals surface area contributed by atoms with E-state index >= 15 is 0 Å². The van der Waals surface area contributed by atoms with Crippen molar-refractivity contribution in [2.45, 2.75) is 63.5 Å². The van der Waals surface area contributed by atoms with E-state index in [1.807, 2.05) is 0 Å². The Kier molecular flexibility index (Phi) is 3.78. The van der Waals surface area contributed by atoms with Crippen LogP contribution in [-0.2, 0) is 4.79 Å². The molecule has 1 aromatic rings. The number of hydrogen-bond donors (Lipinski definition) is 1. The largest absolute Gasteiger partial charge is 0.339 e. The number of carbonyl (C=O) groups excluding carboxylic acids is 1. The van der Waals surface area contributed by atoms with Crippen molar-refractivity contribution in [3.63, 3.8) is 0 Å². The van der Waals surface area contributed by atoms with Crippen LogP contribution in [0.5, 0.6) is 0 Å². The average molecular weight is 286 g/mol. The van der Waals surface area contributed by atoms with Gasteiger partial charge in [-0.3, -0.25) is 4.79 Å². The van der Waals surface area contributed by atoms with Gasteiger partial charge in [0.15, 0.2) is 0 Å². The first kappa shape index (κ1) is 14.6. The quantitative estimate of drug-likeness (QED) is 0.928. The second kappa shape index (κ2) is 5.45. The van der Waals surface area contributed by atoms with Gasteiger partial charge in [0.1, 0.15) is 0 Å². The molecule has 2 aliphatic rings. The highest BCUT2D eigenvalue weighted by molar-refractivity contribution is 5.78. The Labute approximate surface area is 127 Å². The number of benzene rings is 1. The van der Waals surface area contributed by atoms with Crippen LogP contribution in [0.25, 0.3) is 0 Å². The van der Waals surface area contributed by atoms with Gasteiger partial charge in [0.05, 0.1) is 0 Å². The fraction of sp³-hybridized carbons (Fsp3) is 0.611. The topological polar surface area (TPSA) is 46.3 Å². The third-order valence-electron chi connectivity index (χ3n) is 5.38. The zero-order chi connectivity index (χ0) is 15.0. The zero-order valence-corrected chi connectivity index (χ0v) is 13.1. The Hall–Kier alpha value is -1.35. The van der Waals surface area contributed by atoms with Crippen LogP contribution >= 0.6 is 0 Å². The first-order valence-corrected chi connectivity index (χ1v) is 8.12. The average Bonchev–Trinajstić information content (AvgIpc) is 2.79. The second-order valence-electron chi connectivity index (χ2n) is 7.08. The fourth-order valence-electron chi connectivity index (χ4n) is 3.86. The van der Waals surface area contributed by atoms with Crippen molar-refractivity contribution >= 4 is 5.91 Å². The Balaban J connectivity index is 1.68. The van der Waals surface area contributed by atoms with Gasteiger partial charge in [-0.05, 0) is 50.7 Å². The normalized spacial score (nSPS) is 27.5. The van der Waals surface area contributed by atoms with Crippen molar-refractivity contribution in [3.8, 4) is 0 Å². The second-order valence-corrected chi connectivity index (χ2v) is 7.08. The Morgan fingerprint density at radius 1 is 1.38 bits per heavy atom. The van der Waals surface area contributed by atoms with Crippen molar-refractivity contribution in [3.05, 3.63) is 35.4 Å². The number of hydrogen-bond acceptors (Lipinski definition) is 2. The lowest BCUT2D eigenvalue weighted by Crippen LogP contribution is -2.51. The molecule has 1 saturated heterocycles. The van der Waals surface area contributed by atoms with E-state index in [2.05, 4.69) is 43.0 Å². The van der Waals surface area contributed by atoms with Gasteiger partial charge in [-0.1, -0.05) is 24.3 Å².